The molecular weight excluding hydrogens is 163 g/mol. The smallest absolute Gasteiger partial charge is 0.134 e. The van der Waals surface area contributed by atoms with Gasteiger partial charge in [0.2, 0.25) is 0 Å². The van der Waals surface area contributed by atoms with Gasteiger partial charge >= 0.3 is 0 Å². The Kier molecular flexibility index (Phi) is 5.59. The van der Waals surface area contributed by atoms with E-state index in [0.29, 0.717) is 6.42 Å². The van der Waals surface area contributed by atoms with Gasteiger partial charge in [0.05, 0.1) is 0 Å². The van der Waals surface area contributed by atoms with Crippen molar-refractivity contribution in [3.63, 3.8) is 0 Å². The van der Waals surface area contributed by atoms with E-state index in [1.165, 1.54) is 14.2 Å². The molecule has 2 atom stereocenters. The highest BCUT2D eigenvalue weighted by molar-refractivity contribution is 6.22. The van der Waals surface area contributed by atoms with Crippen LogP contribution in [-0.2, 0) is 9.47 Å². The van der Waals surface area contributed by atoms with Crippen molar-refractivity contribution in [1.29, 1.82) is 0 Å². The average molecular weight is 173 g/mol. The van der Waals surface area contributed by atoms with Crippen molar-refractivity contribution in [2.75, 3.05) is 14.2 Å². The second-order valence-electron chi connectivity index (χ2n) is 1.53. The lowest BCUT2D eigenvalue weighted by Gasteiger charge is -2.10. The second-order valence-corrected chi connectivity index (χ2v) is 2.50. The Labute approximate surface area is 65.0 Å². The van der Waals surface area contributed by atoms with E-state index < -0.39 is 0 Å². The fourth-order valence-corrected chi connectivity index (χ4v) is 0.753. The van der Waals surface area contributed by atoms with Crippen LogP contribution in [0, 0.1) is 0 Å². The van der Waals surface area contributed by atoms with E-state index in [1.54, 1.807) is 0 Å². The maximum atomic E-state index is 5.55. The van der Waals surface area contributed by atoms with Crippen LogP contribution in [0.5, 0.6) is 0 Å². The maximum Gasteiger partial charge on any atom is 0.134 e. The monoisotopic (exact) mass is 172 g/mol. The first-order valence-corrected chi connectivity index (χ1v) is 3.41. The summed E-state index contributed by atoms with van der Waals surface area (Å²) in [5, 5.41) is 0. The number of rotatable bonds is 4. The van der Waals surface area contributed by atoms with Gasteiger partial charge in [-0.05, 0) is 0 Å². The van der Waals surface area contributed by atoms with Crippen LogP contribution in [-0.4, -0.2) is 25.3 Å². The van der Waals surface area contributed by atoms with Crippen LogP contribution in [0.1, 0.15) is 6.42 Å². The van der Waals surface area contributed by atoms with E-state index in [0.717, 1.165) is 0 Å². The van der Waals surface area contributed by atoms with Crippen molar-refractivity contribution < 1.29 is 9.47 Å². The summed E-state index contributed by atoms with van der Waals surface area (Å²) in [6.07, 6.45) is 0.496. The minimum atomic E-state index is -0.354. The summed E-state index contributed by atoms with van der Waals surface area (Å²) in [6, 6.07) is 0. The van der Waals surface area contributed by atoms with Gasteiger partial charge in [0.15, 0.2) is 0 Å². The third-order valence-electron chi connectivity index (χ3n) is 0.882. The van der Waals surface area contributed by atoms with Crippen LogP contribution < -0.4 is 0 Å². The molecule has 0 fully saturated rings. The number of hydrogen-bond donors (Lipinski definition) is 0. The molecule has 4 heteroatoms. The summed E-state index contributed by atoms with van der Waals surface area (Å²) in [5.41, 5.74) is -0.708. The molecule has 0 amide bonds. The molecule has 0 heterocycles. The highest BCUT2D eigenvalue weighted by atomic mass is 35.5. The molecule has 0 radical (unpaired) electrons. The first-order valence-electron chi connectivity index (χ1n) is 2.54. The molecule has 0 unspecified atom stereocenters. The summed E-state index contributed by atoms with van der Waals surface area (Å²) in [4.78, 5) is 0. The molecule has 0 rings (SSSR count). The van der Waals surface area contributed by atoms with E-state index in [4.69, 9.17) is 32.7 Å². The summed E-state index contributed by atoms with van der Waals surface area (Å²) in [6.45, 7) is 0. The molecule has 56 valence electrons. The lowest BCUT2D eigenvalue weighted by Crippen LogP contribution is -2.11. The van der Waals surface area contributed by atoms with Crippen LogP contribution in [0.2, 0.25) is 0 Å². The van der Waals surface area contributed by atoms with Crippen LogP contribution >= 0.6 is 23.2 Å². The molecule has 0 aromatic carbocycles. The minimum absolute atomic E-state index is 0.354. The number of alkyl halides is 2. The van der Waals surface area contributed by atoms with Gasteiger partial charge in [-0.25, -0.2) is 0 Å². The largest absolute Gasteiger partial charge is 0.366 e. The van der Waals surface area contributed by atoms with Gasteiger partial charge in [-0.15, -0.1) is 0 Å². The molecule has 0 aliphatic rings. The Morgan fingerprint density at radius 2 is 1.44 bits per heavy atom. The van der Waals surface area contributed by atoms with Crippen molar-refractivity contribution in [2.24, 2.45) is 0 Å². The van der Waals surface area contributed by atoms with E-state index >= 15 is 0 Å². The molecule has 0 N–H and O–H groups in total. The molecule has 0 bridgehead atoms. The highest BCUT2D eigenvalue weighted by Gasteiger charge is 2.08. The third kappa shape index (κ3) is 4.97. The van der Waals surface area contributed by atoms with Gasteiger partial charge in [-0.2, -0.15) is 0 Å². The van der Waals surface area contributed by atoms with Crippen LogP contribution in [0.4, 0.5) is 0 Å². The first-order chi connectivity index (χ1) is 4.20. The normalized spacial score (nSPS) is 17.3. The molecule has 0 aromatic heterocycles. The van der Waals surface area contributed by atoms with Crippen molar-refractivity contribution in [1.82, 2.24) is 0 Å². The SMILES string of the molecule is CO[C@H](Cl)C[C@H](Cl)OC. The Morgan fingerprint density at radius 1 is 1.11 bits per heavy atom. The first kappa shape index (κ1) is 9.50. The third-order valence-corrected chi connectivity index (χ3v) is 1.59. The zero-order valence-electron chi connectivity index (χ0n) is 5.43. The van der Waals surface area contributed by atoms with E-state index in [1.807, 2.05) is 0 Å². The Bertz CT molecular complexity index is 62.0. The van der Waals surface area contributed by atoms with Crippen molar-refractivity contribution in [2.45, 2.75) is 17.5 Å². The van der Waals surface area contributed by atoms with Crippen molar-refractivity contribution in [3.05, 3.63) is 0 Å². The van der Waals surface area contributed by atoms with Gasteiger partial charge in [-0.3, -0.25) is 0 Å². The molecule has 2 nitrogen and oxygen atoms in total. The second kappa shape index (κ2) is 5.30. The molecular formula is C5H10Cl2O2. The molecule has 9 heavy (non-hydrogen) atoms. The Morgan fingerprint density at radius 3 is 1.67 bits per heavy atom. The fourth-order valence-electron chi connectivity index (χ4n) is 0.338. The molecule has 0 aliphatic carbocycles. The predicted molar refractivity (Wildman–Crippen MR) is 37.9 cm³/mol. The van der Waals surface area contributed by atoms with Gasteiger partial charge in [-0.1, -0.05) is 23.2 Å². The van der Waals surface area contributed by atoms with E-state index in [-0.39, 0.29) is 11.1 Å². The lowest BCUT2D eigenvalue weighted by atomic mass is 10.5. The maximum absolute atomic E-state index is 5.55. The van der Waals surface area contributed by atoms with Crippen LogP contribution in [0.15, 0.2) is 0 Å². The quantitative estimate of drug-likeness (QED) is 0.603. The zero-order valence-corrected chi connectivity index (χ0v) is 6.95. The number of methoxy groups -OCH3 is 2. The standard InChI is InChI=1S/C5H10Cl2O2/c1-8-4(6)3-5(7)9-2/h4-5H,3H2,1-2H3/t4-,5+. The molecule has 0 aromatic rings. The topological polar surface area (TPSA) is 18.5 Å². The highest BCUT2D eigenvalue weighted by Crippen LogP contribution is 2.11. The van der Waals surface area contributed by atoms with Gasteiger partial charge in [0.1, 0.15) is 11.1 Å². The number of ether oxygens (including phenoxy) is 2. The summed E-state index contributed by atoms with van der Waals surface area (Å²) in [7, 11) is 3.05. The lowest BCUT2D eigenvalue weighted by molar-refractivity contribution is 0.0964. The average Bonchev–Trinajstić information content (AvgIpc) is 1.87. The van der Waals surface area contributed by atoms with Crippen molar-refractivity contribution in [3.8, 4) is 0 Å². The predicted octanol–water partition coefficient (Wildman–Crippen LogP) is 1.80. The van der Waals surface area contributed by atoms with Crippen LogP contribution in [0.3, 0.4) is 0 Å². The molecule has 0 spiro atoms. The zero-order chi connectivity index (χ0) is 7.28. The minimum Gasteiger partial charge on any atom is -0.366 e. The molecule has 0 saturated carbocycles. The Balaban J connectivity index is 3.22. The number of halogens is 2. The Hall–Kier alpha value is 0.500. The molecule has 0 aliphatic heterocycles. The summed E-state index contributed by atoms with van der Waals surface area (Å²) in [5.74, 6) is 0. The van der Waals surface area contributed by atoms with E-state index in [2.05, 4.69) is 0 Å². The molecule has 0 saturated heterocycles. The van der Waals surface area contributed by atoms with E-state index in [9.17, 15) is 0 Å². The van der Waals surface area contributed by atoms with Crippen LogP contribution in [0.25, 0.3) is 0 Å². The fraction of sp³-hybridized carbons (Fsp3) is 1.00. The van der Waals surface area contributed by atoms with Gasteiger partial charge < -0.3 is 9.47 Å². The summed E-state index contributed by atoms with van der Waals surface area (Å²) >= 11 is 11.1. The van der Waals surface area contributed by atoms with Gasteiger partial charge in [0.25, 0.3) is 0 Å². The van der Waals surface area contributed by atoms with Gasteiger partial charge in [0, 0.05) is 20.6 Å². The number of hydrogen-bond acceptors (Lipinski definition) is 2. The van der Waals surface area contributed by atoms with Crippen molar-refractivity contribution >= 4 is 23.2 Å². The summed E-state index contributed by atoms with van der Waals surface area (Å²) < 4.78 is 9.45.